The number of benzene rings is 3. The van der Waals surface area contributed by atoms with Crippen molar-refractivity contribution in [2.45, 2.75) is 35.0 Å². The Morgan fingerprint density at radius 3 is 2.31 bits per heavy atom. The molecule has 214 valence electrons. The summed E-state index contributed by atoms with van der Waals surface area (Å²) < 4.78 is 26.7. The Kier molecular flexibility index (Phi) is 8.17. The van der Waals surface area contributed by atoms with Gasteiger partial charge in [-0.1, -0.05) is 47.6 Å². The summed E-state index contributed by atoms with van der Waals surface area (Å²) in [6.45, 7) is 5.03. The van der Waals surface area contributed by atoms with Crippen LogP contribution >= 0.6 is 23.4 Å². The molecule has 1 aromatic heterocycles. The van der Waals surface area contributed by atoms with E-state index < -0.39 is 0 Å². The van der Waals surface area contributed by atoms with Crippen LogP contribution in [-0.2, 0) is 5.41 Å². The standard InChI is InChI=1S/C34H30ClF2N3OS/c1-23-19-25(20-32(35)38-23)33(41)40-22-34(14-17-39(18-15-34)16-2-3-24-4-6-26(36)7-5-24)30-21-29(12-13-31(30)40)42-28-10-8-27(37)9-11-28/h2-13,19-21H,14-18,22H2,1H3. The third-order valence-corrected chi connectivity index (χ3v) is 9.30. The minimum atomic E-state index is -0.257. The van der Waals surface area contributed by atoms with Gasteiger partial charge in [0.25, 0.3) is 5.91 Å². The lowest BCUT2D eigenvalue weighted by Gasteiger charge is -2.39. The van der Waals surface area contributed by atoms with Gasteiger partial charge >= 0.3 is 0 Å². The van der Waals surface area contributed by atoms with Crippen molar-refractivity contribution in [3.63, 3.8) is 0 Å². The molecule has 1 amide bonds. The van der Waals surface area contributed by atoms with Crippen LogP contribution in [0.1, 0.15) is 40.0 Å². The fraction of sp³-hybridized carbons (Fsp3) is 0.235. The molecule has 0 saturated carbocycles. The fourth-order valence-electron chi connectivity index (χ4n) is 5.94. The van der Waals surface area contributed by atoms with Crippen molar-refractivity contribution in [3.8, 4) is 0 Å². The molecule has 0 unspecified atom stereocenters. The molecule has 3 aromatic carbocycles. The number of aryl methyl sites for hydroxylation is 1. The van der Waals surface area contributed by atoms with Gasteiger partial charge in [0.2, 0.25) is 0 Å². The molecular formula is C34H30ClF2N3OS. The monoisotopic (exact) mass is 601 g/mol. The van der Waals surface area contributed by atoms with Crippen LogP contribution in [-0.4, -0.2) is 42.0 Å². The Morgan fingerprint density at radius 1 is 0.952 bits per heavy atom. The molecule has 0 bridgehead atoms. The van der Waals surface area contributed by atoms with Gasteiger partial charge in [0.15, 0.2) is 0 Å². The molecule has 2 aliphatic rings. The van der Waals surface area contributed by atoms with Crippen LogP contribution in [0, 0.1) is 18.6 Å². The summed E-state index contributed by atoms with van der Waals surface area (Å²) in [5.74, 6) is -0.574. The number of aromatic nitrogens is 1. The predicted molar refractivity (Wildman–Crippen MR) is 165 cm³/mol. The number of pyridine rings is 1. The summed E-state index contributed by atoms with van der Waals surface area (Å²) >= 11 is 7.81. The van der Waals surface area contributed by atoms with E-state index in [2.05, 4.69) is 22.0 Å². The van der Waals surface area contributed by atoms with Gasteiger partial charge in [0.1, 0.15) is 16.8 Å². The topological polar surface area (TPSA) is 36.4 Å². The number of halogens is 3. The van der Waals surface area contributed by atoms with E-state index in [1.165, 1.54) is 29.8 Å². The second kappa shape index (κ2) is 12.0. The lowest BCUT2D eigenvalue weighted by molar-refractivity contribution is 0.0977. The molecular weight excluding hydrogens is 572 g/mol. The van der Waals surface area contributed by atoms with E-state index in [0.29, 0.717) is 23.0 Å². The summed E-state index contributed by atoms with van der Waals surface area (Å²) in [6.07, 6.45) is 5.97. The van der Waals surface area contributed by atoms with E-state index >= 15 is 0 Å². The van der Waals surface area contributed by atoms with Crippen molar-refractivity contribution >= 4 is 41.0 Å². The van der Waals surface area contributed by atoms with Gasteiger partial charge in [0.05, 0.1) is 0 Å². The summed E-state index contributed by atoms with van der Waals surface area (Å²) in [6, 6.07) is 22.7. The highest BCUT2D eigenvalue weighted by atomic mass is 35.5. The molecule has 1 saturated heterocycles. The first-order valence-corrected chi connectivity index (χ1v) is 15.2. The van der Waals surface area contributed by atoms with Crippen LogP contribution in [0.25, 0.3) is 6.08 Å². The first-order valence-electron chi connectivity index (χ1n) is 14.0. The lowest BCUT2D eigenvalue weighted by Crippen LogP contribution is -2.46. The maximum atomic E-state index is 13.9. The van der Waals surface area contributed by atoms with Crippen molar-refractivity contribution in [2.75, 3.05) is 31.1 Å². The van der Waals surface area contributed by atoms with Gasteiger partial charge in [-0.3, -0.25) is 9.69 Å². The number of nitrogens with zero attached hydrogens (tertiary/aromatic N) is 3. The second-order valence-electron chi connectivity index (χ2n) is 11.0. The highest BCUT2D eigenvalue weighted by molar-refractivity contribution is 7.99. The van der Waals surface area contributed by atoms with Crippen LogP contribution in [0.3, 0.4) is 0 Å². The number of rotatable bonds is 6. The molecule has 1 spiro atoms. The summed E-state index contributed by atoms with van der Waals surface area (Å²) in [5.41, 5.74) is 4.14. The molecule has 3 heterocycles. The summed E-state index contributed by atoms with van der Waals surface area (Å²) in [7, 11) is 0. The van der Waals surface area contributed by atoms with Gasteiger partial charge in [-0.05, 0) is 111 Å². The Hall–Kier alpha value is -3.52. The number of amides is 1. The van der Waals surface area contributed by atoms with E-state index in [9.17, 15) is 13.6 Å². The van der Waals surface area contributed by atoms with Gasteiger partial charge in [-0.25, -0.2) is 13.8 Å². The van der Waals surface area contributed by atoms with Gasteiger partial charge in [-0.15, -0.1) is 0 Å². The number of fused-ring (bicyclic) bond motifs is 2. The first-order chi connectivity index (χ1) is 20.3. The second-order valence-corrected chi connectivity index (χ2v) is 12.5. The molecule has 2 aliphatic heterocycles. The normalized spacial score (nSPS) is 16.3. The first kappa shape index (κ1) is 28.6. The van der Waals surface area contributed by atoms with E-state index in [-0.39, 0.29) is 23.0 Å². The molecule has 0 radical (unpaired) electrons. The quantitative estimate of drug-likeness (QED) is 0.209. The van der Waals surface area contributed by atoms with Gasteiger partial charge in [0, 0.05) is 45.2 Å². The maximum absolute atomic E-state index is 13.9. The number of carbonyl (C=O) groups is 1. The van der Waals surface area contributed by atoms with Crippen LogP contribution < -0.4 is 4.90 Å². The lowest BCUT2D eigenvalue weighted by atomic mass is 9.74. The van der Waals surface area contributed by atoms with Crippen LogP contribution in [0.2, 0.25) is 5.15 Å². The number of carbonyl (C=O) groups excluding carboxylic acids is 1. The van der Waals surface area contributed by atoms with Crippen molar-refractivity contribution in [1.29, 1.82) is 0 Å². The highest BCUT2D eigenvalue weighted by Gasteiger charge is 2.46. The SMILES string of the molecule is Cc1cc(C(=O)N2CC3(CCN(CC=Cc4ccc(F)cc4)CC3)c3cc(Sc4ccc(F)cc4)ccc32)cc(Cl)n1. The van der Waals surface area contributed by atoms with Gasteiger partial charge in [-0.2, -0.15) is 0 Å². The molecule has 42 heavy (non-hydrogen) atoms. The van der Waals surface area contributed by atoms with Crippen molar-refractivity contribution in [3.05, 3.63) is 124 Å². The van der Waals surface area contributed by atoms with E-state index in [0.717, 1.165) is 53.5 Å². The third-order valence-electron chi connectivity index (χ3n) is 8.11. The Bertz CT molecular complexity index is 1610. The average molecular weight is 602 g/mol. The van der Waals surface area contributed by atoms with Crippen molar-refractivity contribution in [2.24, 2.45) is 0 Å². The molecule has 0 N–H and O–H groups in total. The molecule has 1 fully saturated rings. The minimum absolute atomic E-state index is 0.0795. The van der Waals surface area contributed by atoms with Crippen LogP contribution in [0.5, 0.6) is 0 Å². The van der Waals surface area contributed by atoms with Crippen LogP contribution in [0.15, 0.2) is 94.7 Å². The average Bonchev–Trinajstić information content (AvgIpc) is 3.28. The number of likely N-dealkylation sites (tertiary alicyclic amines) is 1. The molecule has 6 rings (SSSR count). The summed E-state index contributed by atoms with van der Waals surface area (Å²) in [4.78, 5) is 24.4. The molecule has 0 atom stereocenters. The van der Waals surface area contributed by atoms with E-state index in [1.807, 2.05) is 30.0 Å². The number of anilines is 1. The van der Waals surface area contributed by atoms with Crippen molar-refractivity contribution in [1.82, 2.24) is 9.88 Å². The minimum Gasteiger partial charge on any atom is -0.307 e. The zero-order chi connectivity index (χ0) is 29.3. The zero-order valence-electron chi connectivity index (χ0n) is 23.2. The van der Waals surface area contributed by atoms with Gasteiger partial charge < -0.3 is 4.90 Å². The molecule has 8 heteroatoms. The fourth-order valence-corrected chi connectivity index (χ4v) is 7.05. The maximum Gasteiger partial charge on any atom is 0.258 e. The largest absolute Gasteiger partial charge is 0.307 e. The molecule has 4 nitrogen and oxygen atoms in total. The number of hydrogen-bond acceptors (Lipinski definition) is 4. The molecule has 4 aromatic rings. The summed E-state index contributed by atoms with van der Waals surface area (Å²) in [5, 5.41) is 0.306. The zero-order valence-corrected chi connectivity index (χ0v) is 24.8. The Balaban J connectivity index is 1.25. The number of hydrogen-bond donors (Lipinski definition) is 0. The number of piperidine rings is 1. The van der Waals surface area contributed by atoms with E-state index in [1.54, 1.807) is 48.2 Å². The Morgan fingerprint density at radius 2 is 1.62 bits per heavy atom. The predicted octanol–water partition coefficient (Wildman–Crippen LogP) is 8.18. The van der Waals surface area contributed by atoms with E-state index in [4.69, 9.17) is 11.6 Å². The van der Waals surface area contributed by atoms with Crippen molar-refractivity contribution < 1.29 is 13.6 Å². The smallest absolute Gasteiger partial charge is 0.258 e. The molecule has 0 aliphatic carbocycles. The third kappa shape index (κ3) is 6.14. The highest BCUT2D eigenvalue weighted by Crippen LogP contribution is 2.49. The Labute approximate surface area is 254 Å². The van der Waals surface area contributed by atoms with Crippen LogP contribution in [0.4, 0.5) is 14.5 Å².